The molecule has 6 heteroatoms. The third-order valence-electron chi connectivity index (χ3n) is 2.96. The summed E-state index contributed by atoms with van der Waals surface area (Å²) >= 11 is 6.13. The third kappa shape index (κ3) is 2.82. The van der Waals surface area contributed by atoms with Gasteiger partial charge in [0.2, 0.25) is 5.91 Å². The largest absolute Gasteiger partial charge is 0.311 e. The van der Waals surface area contributed by atoms with Crippen molar-refractivity contribution in [3.05, 3.63) is 35.4 Å². The van der Waals surface area contributed by atoms with Crippen LogP contribution < -0.4 is 4.90 Å². The highest BCUT2D eigenvalue weighted by Crippen LogP contribution is 2.26. The summed E-state index contributed by atoms with van der Waals surface area (Å²) in [6.07, 6.45) is 5.20. The van der Waals surface area contributed by atoms with Crippen LogP contribution in [0.5, 0.6) is 0 Å². The maximum atomic E-state index is 12.0. The predicted molar refractivity (Wildman–Crippen MR) is 79.4 cm³/mol. The molecule has 0 aliphatic carbocycles. The van der Waals surface area contributed by atoms with Crippen LogP contribution >= 0.6 is 11.6 Å². The van der Waals surface area contributed by atoms with Gasteiger partial charge in [-0.3, -0.25) is 9.78 Å². The Morgan fingerprint density at radius 2 is 2.10 bits per heavy atom. The lowest BCUT2D eigenvalue weighted by Gasteiger charge is -2.17. The fourth-order valence-electron chi connectivity index (χ4n) is 1.87. The van der Waals surface area contributed by atoms with E-state index in [0.717, 1.165) is 11.3 Å². The van der Waals surface area contributed by atoms with Gasteiger partial charge in [-0.2, -0.15) is 5.10 Å². The predicted octanol–water partition coefficient (Wildman–Crippen LogP) is 2.85. The Labute approximate surface area is 123 Å². The van der Waals surface area contributed by atoms with E-state index >= 15 is 0 Å². The number of hydrogen-bond acceptors (Lipinski definition) is 3. The number of hydrogen-bond donors (Lipinski definition) is 0. The van der Waals surface area contributed by atoms with Gasteiger partial charge in [0.15, 0.2) is 5.15 Å². The van der Waals surface area contributed by atoms with Crippen molar-refractivity contribution in [3.8, 4) is 5.69 Å². The van der Waals surface area contributed by atoms with E-state index in [2.05, 4.69) is 10.1 Å². The van der Waals surface area contributed by atoms with Gasteiger partial charge in [-0.25, -0.2) is 4.68 Å². The van der Waals surface area contributed by atoms with Crippen LogP contribution in [-0.2, 0) is 4.79 Å². The molecule has 2 heterocycles. The monoisotopic (exact) mass is 292 g/mol. The summed E-state index contributed by atoms with van der Waals surface area (Å²) in [6, 6.07) is 1.95. The summed E-state index contributed by atoms with van der Waals surface area (Å²) in [6.45, 7) is 5.65. The zero-order valence-corrected chi connectivity index (χ0v) is 12.7. The number of nitrogens with zero attached hydrogens (tertiary/aromatic N) is 4. The van der Waals surface area contributed by atoms with Crippen LogP contribution in [0.3, 0.4) is 0 Å². The van der Waals surface area contributed by atoms with Gasteiger partial charge in [-0.1, -0.05) is 25.4 Å². The quantitative estimate of drug-likeness (QED) is 0.874. The molecule has 2 aromatic heterocycles. The van der Waals surface area contributed by atoms with Gasteiger partial charge in [-0.15, -0.1) is 0 Å². The molecule has 1 amide bonds. The summed E-state index contributed by atoms with van der Waals surface area (Å²) in [5.41, 5.74) is 2.43. The lowest BCUT2D eigenvalue weighted by atomic mass is 10.2. The molecular weight excluding hydrogens is 276 g/mol. The molecule has 0 saturated heterocycles. The number of anilines is 1. The fraction of sp³-hybridized carbons (Fsp3) is 0.357. The second kappa shape index (κ2) is 5.63. The number of carbonyl (C=O) groups excluding carboxylic acids is 1. The van der Waals surface area contributed by atoms with Crippen LogP contribution in [0, 0.1) is 12.8 Å². The van der Waals surface area contributed by atoms with E-state index < -0.39 is 0 Å². The number of amides is 1. The molecule has 0 bridgehead atoms. The third-order valence-corrected chi connectivity index (χ3v) is 3.23. The average Bonchev–Trinajstić information content (AvgIpc) is 2.79. The van der Waals surface area contributed by atoms with Gasteiger partial charge in [0, 0.05) is 19.2 Å². The smallest absolute Gasteiger partial charge is 0.229 e. The summed E-state index contributed by atoms with van der Waals surface area (Å²) in [5, 5.41) is 4.53. The van der Waals surface area contributed by atoms with Crippen molar-refractivity contribution in [2.75, 3.05) is 11.9 Å². The zero-order chi connectivity index (χ0) is 14.9. The first-order chi connectivity index (χ1) is 9.40. The molecule has 2 rings (SSSR count). The second-order valence-corrected chi connectivity index (χ2v) is 5.38. The van der Waals surface area contributed by atoms with Gasteiger partial charge < -0.3 is 4.90 Å². The molecule has 0 atom stereocenters. The van der Waals surface area contributed by atoms with Crippen LogP contribution in [0.25, 0.3) is 5.69 Å². The zero-order valence-electron chi connectivity index (χ0n) is 12.0. The molecule has 20 heavy (non-hydrogen) atoms. The van der Waals surface area contributed by atoms with E-state index in [0.29, 0.717) is 10.8 Å². The van der Waals surface area contributed by atoms with Crippen molar-refractivity contribution in [2.24, 2.45) is 5.92 Å². The van der Waals surface area contributed by atoms with E-state index in [4.69, 9.17) is 11.6 Å². The van der Waals surface area contributed by atoms with Crippen LogP contribution in [0.2, 0.25) is 5.15 Å². The summed E-state index contributed by atoms with van der Waals surface area (Å²) in [7, 11) is 1.70. The number of aromatic nitrogens is 3. The van der Waals surface area contributed by atoms with Gasteiger partial charge >= 0.3 is 0 Å². The molecule has 0 spiro atoms. The van der Waals surface area contributed by atoms with Crippen molar-refractivity contribution in [2.45, 2.75) is 20.8 Å². The van der Waals surface area contributed by atoms with Crippen LogP contribution in [-0.4, -0.2) is 27.7 Å². The number of aryl methyl sites for hydroxylation is 1. The van der Waals surface area contributed by atoms with E-state index in [9.17, 15) is 4.79 Å². The molecule has 0 aromatic carbocycles. The molecule has 106 valence electrons. The number of pyridine rings is 1. The van der Waals surface area contributed by atoms with E-state index in [1.54, 1.807) is 30.3 Å². The van der Waals surface area contributed by atoms with Crippen molar-refractivity contribution in [1.29, 1.82) is 0 Å². The van der Waals surface area contributed by atoms with Crippen molar-refractivity contribution in [3.63, 3.8) is 0 Å². The minimum atomic E-state index is -0.0972. The Bertz CT molecular complexity index is 636. The number of halogens is 1. The first-order valence-corrected chi connectivity index (χ1v) is 6.72. The van der Waals surface area contributed by atoms with Gasteiger partial charge in [0.1, 0.15) is 5.69 Å². The highest BCUT2D eigenvalue weighted by Gasteiger charge is 2.20. The molecule has 0 fully saturated rings. The SMILES string of the molecule is Cc1cncc(-n2cc(N(C)C(=O)C(C)C)c(Cl)n2)c1. The fourth-order valence-corrected chi connectivity index (χ4v) is 2.13. The van der Waals surface area contributed by atoms with Crippen LogP contribution in [0.15, 0.2) is 24.7 Å². The Hall–Kier alpha value is -1.88. The molecule has 2 aromatic rings. The molecule has 0 aliphatic heterocycles. The van der Waals surface area contributed by atoms with Crippen molar-refractivity contribution < 1.29 is 4.79 Å². The van der Waals surface area contributed by atoms with E-state index in [-0.39, 0.29) is 11.8 Å². The Kier molecular flexibility index (Phi) is 4.09. The Balaban J connectivity index is 2.37. The van der Waals surface area contributed by atoms with E-state index in [1.807, 2.05) is 26.8 Å². The van der Waals surface area contributed by atoms with Crippen LogP contribution in [0.4, 0.5) is 5.69 Å². The molecule has 0 aliphatic rings. The van der Waals surface area contributed by atoms with Crippen LogP contribution in [0.1, 0.15) is 19.4 Å². The van der Waals surface area contributed by atoms with Gasteiger partial charge in [0.05, 0.1) is 18.1 Å². The summed E-state index contributed by atoms with van der Waals surface area (Å²) < 4.78 is 1.63. The highest BCUT2D eigenvalue weighted by atomic mass is 35.5. The summed E-state index contributed by atoms with van der Waals surface area (Å²) in [5.74, 6) is -0.103. The first-order valence-electron chi connectivity index (χ1n) is 6.35. The highest BCUT2D eigenvalue weighted by molar-refractivity contribution is 6.32. The Morgan fingerprint density at radius 3 is 2.70 bits per heavy atom. The topological polar surface area (TPSA) is 51.0 Å². The standard InChI is InChI=1S/C14H17ClN4O/c1-9(2)14(20)18(4)12-8-19(17-13(12)15)11-5-10(3)6-16-7-11/h5-9H,1-4H3. The Morgan fingerprint density at radius 1 is 1.40 bits per heavy atom. The molecular formula is C14H17ClN4O. The molecule has 0 saturated carbocycles. The minimum Gasteiger partial charge on any atom is -0.311 e. The maximum Gasteiger partial charge on any atom is 0.229 e. The van der Waals surface area contributed by atoms with E-state index in [1.165, 1.54) is 4.90 Å². The first kappa shape index (κ1) is 14.5. The van der Waals surface area contributed by atoms with Crippen molar-refractivity contribution >= 4 is 23.2 Å². The minimum absolute atomic E-state index is 0.00572. The number of rotatable bonds is 3. The molecule has 0 radical (unpaired) electrons. The van der Waals surface area contributed by atoms with Gasteiger partial charge in [0.25, 0.3) is 0 Å². The average molecular weight is 293 g/mol. The lowest BCUT2D eigenvalue weighted by Crippen LogP contribution is -2.30. The second-order valence-electron chi connectivity index (χ2n) is 5.02. The molecule has 5 nitrogen and oxygen atoms in total. The summed E-state index contributed by atoms with van der Waals surface area (Å²) in [4.78, 5) is 17.7. The van der Waals surface area contributed by atoms with Gasteiger partial charge in [-0.05, 0) is 18.6 Å². The maximum absolute atomic E-state index is 12.0. The molecule has 0 unspecified atom stereocenters. The lowest BCUT2D eigenvalue weighted by molar-refractivity contribution is -0.121. The molecule has 0 N–H and O–H groups in total. The van der Waals surface area contributed by atoms with Crippen molar-refractivity contribution in [1.82, 2.24) is 14.8 Å². The number of carbonyl (C=O) groups is 1. The normalized spacial score (nSPS) is 10.9.